The van der Waals surface area contributed by atoms with Crippen molar-refractivity contribution in [1.82, 2.24) is 0 Å². The minimum atomic E-state index is -4.68. The SMILES string of the molecule is CC(C#N)(Nc1ccccc1Cl)C(F)(F)F. The van der Waals surface area contributed by atoms with Gasteiger partial charge in [-0.05, 0) is 19.1 Å². The fourth-order valence-corrected chi connectivity index (χ4v) is 1.18. The lowest BCUT2D eigenvalue weighted by atomic mass is 10.0. The number of nitrogens with zero attached hydrogens (tertiary/aromatic N) is 1. The zero-order chi connectivity index (χ0) is 12.4. The fraction of sp³-hybridized carbons (Fsp3) is 0.300. The second-order valence-corrected chi connectivity index (χ2v) is 3.75. The Kier molecular flexibility index (Phi) is 3.34. The maximum atomic E-state index is 12.6. The van der Waals surface area contributed by atoms with E-state index >= 15 is 0 Å². The van der Waals surface area contributed by atoms with E-state index < -0.39 is 11.7 Å². The van der Waals surface area contributed by atoms with Crippen molar-refractivity contribution < 1.29 is 13.2 Å². The molecule has 0 amide bonds. The van der Waals surface area contributed by atoms with Gasteiger partial charge in [0.25, 0.3) is 0 Å². The first-order chi connectivity index (χ1) is 7.30. The van der Waals surface area contributed by atoms with Crippen LogP contribution in [-0.2, 0) is 0 Å². The van der Waals surface area contributed by atoms with Crippen molar-refractivity contribution in [1.29, 1.82) is 5.26 Å². The molecule has 6 heteroatoms. The predicted octanol–water partition coefficient (Wildman–Crippen LogP) is 3.60. The third kappa shape index (κ3) is 2.39. The third-order valence-corrected chi connectivity index (χ3v) is 2.38. The summed E-state index contributed by atoms with van der Waals surface area (Å²) < 4.78 is 37.8. The van der Waals surface area contributed by atoms with E-state index in [1.807, 2.05) is 0 Å². The number of rotatable bonds is 2. The molecule has 16 heavy (non-hydrogen) atoms. The molecule has 2 nitrogen and oxygen atoms in total. The number of hydrogen-bond acceptors (Lipinski definition) is 2. The van der Waals surface area contributed by atoms with Gasteiger partial charge < -0.3 is 5.32 Å². The van der Waals surface area contributed by atoms with Gasteiger partial charge in [0, 0.05) is 0 Å². The van der Waals surface area contributed by atoms with Gasteiger partial charge in [-0.1, -0.05) is 23.7 Å². The first kappa shape index (κ1) is 12.7. The number of nitriles is 1. The third-order valence-electron chi connectivity index (χ3n) is 2.05. The average Bonchev–Trinajstić information content (AvgIpc) is 2.19. The monoisotopic (exact) mass is 248 g/mol. The molecule has 0 spiro atoms. The standard InChI is InChI=1S/C10H8ClF3N2/c1-9(6-15,10(12,13)14)16-8-5-3-2-4-7(8)11/h2-5,16H,1H3. The highest BCUT2D eigenvalue weighted by atomic mass is 35.5. The number of anilines is 1. The van der Waals surface area contributed by atoms with Crippen LogP contribution in [-0.4, -0.2) is 11.7 Å². The van der Waals surface area contributed by atoms with Crippen LogP contribution in [0.25, 0.3) is 0 Å². The summed E-state index contributed by atoms with van der Waals surface area (Å²) in [6, 6.07) is 7.14. The Balaban J connectivity index is 3.05. The normalized spacial score (nSPS) is 15.0. The molecule has 0 saturated heterocycles. The molecule has 1 N–H and O–H groups in total. The summed E-state index contributed by atoms with van der Waals surface area (Å²) in [5.74, 6) is 0. The van der Waals surface area contributed by atoms with E-state index in [0.717, 1.165) is 6.92 Å². The molecule has 0 aliphatic carbocycles. The van der Waals surface area contributed by atoms with Gasteiger partial charge in [0.1, 0.15) is 6.07 Å². The van der Waals surface area contributed by atoms with Crippen LogP contribution in [0.4, 0.5) is 18.9 Å². The molecule has 1 aromatic carbocycles. The van der Waals surface area contributed by atoms with Crippen LogP contribution >= 0.6 is 11.6 Å². The molecular weight excluding hydrogens is 241 g/mol. The van der Waals surface area contributed by atoms with Crippen molar-refractivity contribution in [3.8, 4) is 6.07 Å². The molecule has 0 radical (unpaired) electrons. The van der Waals surface area contributed by atoms with Crippen molar-refractivity contribution in [3.63, 3.8) is 0 Å². The number of alkyl halides is 3. The molecule has 1 unspecified atom stereocenters. The Hall–Kier alpha value is -1.41. The summed E-state index contributed by atoms with van der Waals surface area (Å²) in [7, 11) is 0. The number of hydrogen-bond donors (Lipinski definition) is 1. The van der Waals surface area contributed by atoms with Crippen molar-refractivity contribution in [3.05, 3.63) is 29.3 Å². The van der Waals surface area contributed by atoms with Gasteiger partial charge in [0.15, 0.2) is 0 Å². The highest BCUT2D eigenvalue weighted by molar-refractivity contribution is 6.33. The lowest BCUT2D eigenvalue weighted by Gasteiger charge is -2.27. The molecule has 0 fully saturated rings. The van der Waals surface area contributed by atoms with Crippen LogP contribution in [0.5, 0.6) is 0 Å². The molecule has 1 aromatic rings. The average molecular weight is 249 g/mol. The zero-order valence-electron chi connectivity index (χ0n) is 8.27. The van der Waals surface area contributed by atoms with E-state index in [1.165, 1.54) is 24.3 Å². The number of para-hydroxylation sites is 1. The molecule has 0 aliphatic rings. The maximum absolute atomic E-state index is 12.6. The molecule has 0 heterocycles. The van der Waals surface area contributed by atoms with Crippen LogP contribution in [0, 0.1) is 11.3 Å². The Bertz CT molecular complexity index is 425. The van der Waals surface area contributed by atoms with Crippen LogP contribution in [0.1, 0.15) is 6.92 Å². The molecule has 86 valence electrons. The predicted molar refractivity (Wildman–Crippen MR) is 55.1 cm³/mol. The lowest BCUT2D eigenvalue weighted by molar-refractivity contribution is -0.158. The lowest BCUT2D eigenvalue weighted by Crippen LogP contribution is -2.48. The van der Waals surface area contributed by atoms with Crippen LogP contribution in [0.3, 0.4) is 0 Å². The minimum Gasteiger partial charge on any atom is -0.359 e. The number of halogens is 4. The molecular formula is C10H8ClF3N2. The van der Waals surface area contributed by atoms with E-state index in [1.54, 1.807) is 6.07 Å². The Labute approximate surface area is 95.6 Å². The van der Waals surface area contributed by atoms with Crippen LogP contribution < -0.4 is 5.32 Å². The first-order valence-corrected chi connectivity index (χ1v) is 4.68. The largest absolute Gasteiger partial charge is 0.424 e. The van der Waals surface area contributed by atoms with Crippen LogP contribution in [0.15, 0.2) is 24.3 Å². The van der Waals surface area contributed by atoms with Crippen LogP contribution in [0.2, 0.25) is 5.02 Å². The van der Waals surface area contributed by atoms with Gasteiger partial charge in [0.2, 0.25) is 5.54 Å². The molecule has 0 aromatic heterocycles. The number of benzene rings is 1. The van der Waals surface area contributed by atoms with Gasteiger partial charge >= 0.3 is 6.18 Å². The van der Waals surface area contributed by atoms with E-state index in [2.05, 4.69) is 5.32 Å². The highest BCUT2D eigenvalue weighted by Gasteiger charge is 2.52. The van der Waals surface area contributed by atoms with E-state index in [9.17, 15) is 13.2 Å². The second kappa shape index (κ2) is 4.22. The Morgan fingerprint density at radius 3 is 2.31 bits per heavy atom. The summed E-state index contributed by atoms with van der Waals surface area (Å²) >= 11 is 5.70. The van der Waals surface area contributed by atoms with E-state index in [0.29, 0.717) is 0 Å². The summed E-state index contributed by atoms with van der Waals surface area (Å²) in [6.07, 6.45) is -4.68. The Morgan fingerprint density at radius 1 is 1.31 bits per heavy atom. The molecule has 0 aliphatic heterocycles. The smallest absolute Gasteiger partial charge is 0.359 e. The van der Waals surface area contributed by atoms with Gasteiger partial charge in [0.05, 0.1) is 10.7 Å². The van der Waals surface area contributed by atoms with Gasteiger partial charge in [-0.25, -0.2) is 0 Å². The Morgan fingerprint density at radius 2 is 1.88 bits per heavy atom. The van der Waals surface area contributed by atoms with Gasteiger partial charge in [-0.3, -0.25) is 0 Å². The quantitative estimate of drug-likeness (QED) is 0.868. The van der Waals surface area contributed by atoms with E-state index in [4.69, 9.17) is 16.9 Å². The molecule has 0 bridgehead atoms. The molecule has 1 atom stereocenters. The fourth-order valence-electron chi connectivity index (χ4n) is 0.994. The first-order valence-electron chi connectivity index (χ1n) is 4.31. The van der Waals surface area contributed by atoms with Gasteiger partial charge in [-0.15, -0.1) is 0 Å². The highest BCUT2D eigenvalue weighted by Crippen LogP contribution is 2.34. The summed E-state index contributed by atoms with van der Waals surface area (Å²) in [5.41, 5.74) is -2.58. The summed E-state index contributed by atoms with van der Waals surface area (Å²) in [5, 5.41) is 10.8. The minimum absolute atomic E-state index is 0.0746. The maximum Gasteiger partial charge on any atom is 0.424 e. The topological polar surface area (TPSA) is 35.8 Å². The summed E-state index contributed by atoms with van der Waals surface area (Å²) in [4.78, 5) is 0. The van der Waals surface area contributed by atoms with Crippen molar-refractivity contribution in [2.45, 2.75) is 18.6 Å². The van der Waals surface area contributed by atoms with Crippen molar-refractivity contribution >= 4 is 17.3 Å². The van der Waals surface area contributed by atoms with E-state index in [-0.39, 0.29) is 10.7 Å². The zero-order valence-corrected chi connectivity index (χ0v) is 9.02. The number of nitrogens with one attached hydrogen (secondary N) is 1. The summed E-state index contributed by atoms with van der Waals surface area (Å²) in [6.45, 7) is 0.760. The van der Waals surface area contributed by atoms with Gasteiger partial charge in [-0.2, -0.15) is 18.4 Å². The molecule has 1 rings (SSSR count). The van der Waals surface area contributed by atoms with Crippen molar-refractivity contribution in [2.75, 3.05) is 5.32 Å². The molecule has 0 saturated carbocycles. The van der Waals surface area contributed by atoms with Crippen molar-refractivity contribution in [2.24, 2.45) is 0 Å². The second-order valence-electron chi connectivity index (χ2n) is 3.34.